The highest BCUT2D eigenvalue weighted by atomic mass is 19.1. The van der Waals surface area contributed by atoms with E-state index >= 15 is 8.78 Å². The Morgan fingerprint density at radius 1 is 1.02 bits per heavy atom. The molecule has 0 spiro atoms. The van der Waals surface area contributed by atoms with Crippen molar-refractivity contribution in [2.24, 2.45) is 5.73 Å². The van der Waals surface area contributed by atoms with Crippen molar-refractivity contribution in [2.75, 3.05) is 57.8 Å². The van der Waals surface area contributed by atoms with E-state index < -0.39 is 5.82 Å². The van der Waals surface area contributed by atoms with Crippen molar-refractivity contribution in [3.8, 4) is 16.9 Å². The smallest absolute Gasteiger partial charge is 0.270 e. The molecule has 1 saturated heterocycles. The number of rotatable bonds is 10. The van der Waals surface area contributed by atoms with Crippen molar-refractivity contribution in [2.45, 2.75) is 39.7 Å². The molecule has 7 rings (SSSR count). The fourth-order valence-electron chi connectivity index (χ4n) is 7.77. The molecule has 1 fully saturated rings. The van der Waals surface area contributed by atoms with Gasteiger partial charge in [0.25, 0.3) is 5.91 Å². The quantitative estimate of drug-likeness (QED) is 0.143. The zero-order chi connectivity index (χ0) is 38.1. The molecule has 0 atom stereocenters. The van der Waals surface area contributed by atoms with E-state index in [4.69, 9.17) is 10.5 Å². The van der Waals surface area contributed by atoms with Crippen LogP contribution < -0.4 is 20.7 Å². The number of fused-ring (bicyclic) bond motifs is 2. The molecule has 2 aliphatic heterocycles. The Morgan fingerprint density at radius 3 is 2.54 bits per heavy atom. The van der Waals surface area contributed by atoms with Crippen LogP contribution >= 0.6 is 0 Å². The first-order valence-corrected chi connectivity index (χ1v) is 18.4. The molecule has 0 bridgehead atoms. The van der Waals surface area contributed by atoms with Crippen LogP contribution in [-0.4, -0.2) is 89.1 Å². The Morgan fingerprint density at radius 2 is 1.80 bits per heavy atom. The predicted octanol–water partition coefficient (Wildman–Crippen LogP) is 6.35. The summed E-state index contributed by atoms with van der Waals surface area (Å²) in [6, 6.07) is 14.6. The van der Waals surface area contributed by atoms with Gasteiger partial charge in [-0.2, -0.15) is 0 Å². The van der Waals surface area contributed by atoms with E-state index in [0.29, 0.717) is 79.0 Å². The minimum atomic E-state index is -0.490. The lowest BCUT2D eigenvalue weighted by atomic mass is 9.93. The summed E-state index contributed by atoms with van der Waals surface area (Å²) in [5, 5.41) is 3.53. The van der Waals surface area contributed by atoms with Gasteiger partial charge < -0.3 is 40.0 Å². The van der Waals surface area contributed by atoms with Crippen molar-refractivity contribution in [1.82, 2.24) is 29.7 Å². The number of carbonyl (C=O) groups is 2. The first kappa shape index (κ1) is 36.5. The molecule has 11 nitrogen and oxygen atoms in total. The average molecular weight is 737 g/mol. The summed E-state index contributed by atoms with van der Waals surface area (Å²) in [6.07, 6.45) is 5.80. The second kappa shape index (κ2) is 15.2. The SMILES string of the molecule is COc1ccccc1-c1cc(C2=CCCN(C(=O)CCN/C=C\N)C2)c(F)c2[nH]c(C(=O)N3CCN(c4cc(F)c5nc(C)n(C(C)C)c5c4)CC3)cc12. The number of amides is 2. The second-order valence-corrected chi connectivity index (χ2v) is 14.1. The molecular weight excluding hydrogens is 690 g/mol. The summed E-state index contributed by atoms with van der Waals surface area (Å²) in [7, 11) is 1.59. The topological polar surface area (TPSA) is 125 Å². The maximum Gasteiger partial charge on any atom is 0.270 e. The molecule has 0 aliphatic carbocycles. The summed E-state index contributed by atoms with van der Waals surface area (Å²) in [4.78, 5) is 40.3. The monoisotopic (exact) mass is 736 g/mol. The molecule has 2 aliphatic rings. The van der Waals surface area contributed by atoms with E-state index in [9.17, 15) is 9.59 Å². The number of methoxy groups -OCH3 is 1. The van der Waals surface area contributed by atoms with Crippen LogP contribution in [0.1, 0.15) is 54.6 Å². The van der Waals surface area contributed by atoms with Crippen molar-refractivity contribution >= 4 is 45.0 Å². The number of H-pyrrole nitrogens is 1. The number of halogens is 2. The van der Waals surface area contributed by atoms with Gasteiger partial charge >= 0.3 is 0 Å². The van der Waals surface area contributed by atoms with E-state index in [1.165, 1.54) is 12.3 Å². The minimum absolute atomic E-state index is 0.0410. The number of hydrogen-bond acceptors (Lipinski definition) is 7. The van der Waals surface area contributed by atoms with Crippen LogP contribution in [-0.2, 0) is 4.79 Å². The summed E-state index contributed by atoms with van der Waals surface area (Å²) < 4.78 is 39.7. The Balaban J connectivity index is 1.17. The van der Waals surface area contributed by atoms with Gasteiger partial charge in [0.2, 0.25) is 5.91 Å². The normalized spacial score (nSPS) is 15.2. The molecule has 0 radical (unpaired) electrons. The fourth-order valence-corrected chi connectivity index (χ4v) is 7.77. The molecule has 13 heteroatoms. The van der Waals surface area contributed by atoms with Crippen molar-refractivity contribution < 1.29 is 23.1 Å². The van der Waals surface area contributed by atoms with Crippen LogP contribution in [0.3, 0.4) is 0 Å². The number of piperazine rings is 1. The Labute approximate surface area is 313 Å². The Hall–Kier alpha value is -5.85. The van der Waals surface area contributed by atoms with Gasteiger partial charge in [-0.1, -0.05) is 24.3 Å². The predicted molar refractivity (Wildman–Crippen MR) is 208 cm³/mol. The number of para-hydroxylation sites is 1. The number of nitrogens with two attached hydrogens (primary N) is 1. The van der Waals surface area contributed by atoms with Crippen molar-refractivity contribution in [1.29, 1.82) is 0 Å². The van der Waals surface area contributed by atoms with Crippen molar-refractivity contribution in [3.63, 3.8) is 0 Å². The highest BCUT2D eigenvalue weighted by Gasteiger charge is 2.28. The number of carbonyl (C=O) groups excluding carboxylic acids is 2. The van der Waals surface area contributed by atoms with E-state index in [-0.39, 0.29) is 47.8 Å². The van der Waals surface area contributed by atoms with Gasteiger partial charge in [-0.25, -0.2) is 13.8 Å². The van der Waals surface area contributed by atoms with Crippen LogP contribution in [0.5, 0.6) is 5.75 Å². The molecule has 3 aromatic carbocycles. The first-order valence-electron chi connectivity index (χ1n) is 18.4. The van der Waals surface area contributed by atoms with Crippen LogP contribution in [0.25, 0.3) is 38.6 Å². The van der Waals surface area contributed by atoms with Gasteiger partial charge in [-0.15, -0.1) is 0 Å². The highest BCUT2D eigenvalue weighted by Crippen LogP contribution is 2.40. The van der Waals surface area contributed by atoms with Crippen LogP contribution in [0.4, 0.5) is 14.5 Å². The van der Waals surface area contributed by atoms with E-state index in [2.05, 4.69) is 20.2 Å². The lowest BCUT2D eigenvalue weighted by molar-refractivity contribution is -0.130. The minimum Gasteiger partial charge on any atom is -0.496 e. The maximum absolute atomic E-state index is 16.7. The van der Waals surface area contributed by atoms with E-state index in [1.54, 1.807) is 35.2 Å². The van der Waals surface area contributed by atoms with Crippen LogP contribution in [0.2, 0.25) is 0 Å². The van der Waals surface area contributed by atoms with E-state index in [0.717, 1.165) is 22.6 Å². The number of hydrogen-bond donors (Lipinski definition) is 3. The molecular formula is C41H46F2N8O3. The molecule has 2 amide bonds. The summed E-state index contributed by atoms with van der Waals surface area (Å²) in [5.41, 5.74) is 10.2. The first-order chi connectivity index (χ1) is 26.1. The zero-order valence-electron chi connectivity index (χ0n) is 31.1. The molecule has 4 heterocycles. The van der Waals surface area contributed by atoms with Gasteiger partial charge in [-0.3, -0.25) is 9.59 Å². The average Bonchev–Trinajstić information content (AvgIpc) is 3.79. The lowest BCUT2D eigenvalue weighted by Crippen LogP contribution is -2.48. The Bertz CT molecular complexity index is 2280. The summed E-state index contributed by atoms with van der Waals surface area (Å²) >= 11 is 0. The molecule has 282 valence electrons. The number of ether oxygens (including phenoxy) is 1. The molecule has 0 saturated carbocycles. The standard InChI is InChI=1S/C41H46F2N8O3/c1-25(2)51-26(3)46-40-33(42)20-28(21-35(40)51)48-16-18-49(19-17-48)41(53)34-23-32-31(29-9-5-6-10-36(29)54-4)22-30(38(43)39(32)47-34)27-8-7-15-50(24-27)37(52)11-13-45-14-12-44/h5-6,8-10,12,14,20-23,25,45,47H,7,11,13,15-19,24,44H2,1-4H3/b14-12-. The van der Waals surface area contributed by atoms with Gasteiger partial charge in [-0.05, 0) is 68.7 Å². The van der Waals surface area contributed by atoms with Crippen LogP contribution in [0, 0.1) is 18.6 Å². The maximum atomic E-state index is 16.7. The zero-order valence-corrected chi connectivity index (χ0v) is 31.1. The number of anilines is 1. The molecule has 2 aromatic heterocycles. The number of nitrogens with one attached hydrogen (secondary N) is 2. The van der Waals surface area contributed by atoms with Gasteiger partial charge in [0.05, 0.1) is 18.1 Å². The van der Waals surface area contributed by atoms with Crippen molar-refractivity contribution in [3.05, 3.63) is 95.7 Å². The molecule has 54 heavy (non-hydrogen) atoms. The third kappa shape index (κ3) is 6.85. The van der Waals surface area contributed by atoms with Gasteiger partial charge in [0.15, 0.2) is 11.6 Å². The molecule has 5 aromatic rings. The fraction of sp³-hybridized carbons (Fsp3) is 0.341. The lowest BCUT2D eigenvalue weighted by Gasteiger charge is -2.36. The number of aromatic amines is 1. The third-order valence-corrected chi connectivity index (χ3v) is 10.4. The largest absolute Gasteiger partial charge is 0.496 e. The third-order valence-electron chi connectivity index (χ3n) is 10.4. The molecule has 0 unspecified atom stereocenters. The number of aromatic nitrogens is 3. The van der Waals surface area contributed by atoms with Crippen LogP contribution in [0.15, 0.2) is 67.0 Å². The van der Waals surface area contributed by atoms with Gasteiger partial charge in [0, 0.05) is 92.9 Å². The van der Waals surface area contributed by atoms with Gasteiger partial charge in [0.1, 0.15) is 22.8 Å². The van der Waals surface area contributed by atoms with E-state index in [1.807, 2.05) is 61.7 Å². The number of benzene rings is 3. The highest BCUT2D eigenvalue weighted by molar-refractivity contribution is 6.05. The summed E-state index contributed by atoms with van der Waals surface area (Å²) in [6.45, 7) is 9.01. The summed E-state index contributed by atoms with van der Waals surface area (Å²) in [5.74, 6) is 0.216. The number of aryl methyl sites for hydroxylation is 1. The number of imidazole rings is 1. The second-order valence-electron chi connectivity index (χ2n) is 14.1. The number of nitrogens with zero attached hydrogens (tertiary/aromatic N) is 5. The Kier molecular flexibility index (Phi) is 10.3. The molecule has 4 N–H and O–H groups in total.